The van der Waals surface area contributed by atoms with Gasteiger partial charge in [0.05, 0.1) is 0 Å². The number of ketones is 1. The van der Waals surface area contributed by atoms with Crippen molar-refractivity contribution in [3.8, 4) is 11.8 Å². The first-order chi connectivity index (χ1) is 12.7. The molecule has 2 aromatic carbocycles. The molecule has 142 valence electrons. The van der Waals surface area contributed by atoms with E-state index in [0.29, 0.717) is 12.8 Å². The van der Waals surface area contributed by atoms with Gasteiger partial charge >= 0.3 is 0 Å². The van der Waals surface area contributed by atoms with Gasteiger partial charge in [0.2, 0.25) is 0 Å². The fourth-order valence-corrected chi connectivity index (χ4v) is 3.87. The summed E-state index contributed by atoms with van der Waals surface area (Å²) in [4.78, 5) is 11.8. The molecule has 3 nitrogen and oxygen atoms in total. The van der Waals surface area contributed by atoms with Crippen molar-refractivity contribution in [2.24, 2.45) is 0 Å². The van der Waals surface area contributed by atoms with Crippen molar-refractivity contribution in [1.29, 1.82) is 0 Å². The Balaban J connectivity index is 1.89. The van der Waals surface area contributed by atoms with Crippen molar-refractivity contribution < 1.29 is 13.2 Å². The van der Waals surface area contributed by atoms with Gasteiger partial charge in [-0.1, -0.05) is 48.6 Å². The number of hydrogen-bond donors (Lipinski definition) is 0. The molecular weight excluding hydrogens is 356 g/mol. The molecule has 0 bridgehead atoms. The molecule has 4 heteroatoms. The summed E-state index contributed by atoms with van der Waals surface area (Å²) in [6.45, 7) is 2.89. The number of Topliss-reactive ketones (excluding diaryl/α,β-unsaturated/α-hetero) is 1. The van der Waals surface area contributed by atoms with Crippen molar-refractivity contribution in [3.05, 3.63) is 71.3 Å². The first-order valence-electron chi connectivity index (χ1n) is 9.09. The Labute approximate surface area is 162 Å². The number of carbonyl (C=O) groups excluding carboxylic acids is 1. The van der Waals surface area contributed by atoms with Gasteiger partial charge in [-0.15, -0.1) is 0 Å². The maximum atomic E-state index is 11.9. The van der Waals surface area contributed by atoms with Crippen molar-refractivity contribution in [2.75, 3.05) is 6.26 Å². The summed E-state index contributed by atoms with van der Waals surface area (Å²) in [5.41, 5.74) is 3.13. The summed E-state index contributed by atoms with van der Waals surface area (Å²) in [7, 11) is -3.41. The van der Waals surface area contributed by atoms with E-state index in [4.69, 9.17) is 0 Å². The highest BCUT2D eigenvalue weighted by Crippen LogP contribution is 2.25. The standard InChI is InChI=1S/C23H26O3S/c1-19(24)23(2,27(3,25)26)18-8-7-11-21-13-16-22(17-14-21)15-12-20-9-5-4-6-10-20/h4-6,9-10,13-14,16-17H,7-8,11,18H2,1-3H3. The average molecular weight is 383 g/mol. The molecule has 0 N–H and O–H groups in total. The van der Waals surface area contributed by atoms with E-state index in [2.05, 4.69) is 24.0 Å². The minimum absolute atomic E-state index is 0.286. The van der Waals surface area contributed by atoms with Gasteiger partial charge in [0.15, 0.2) is 15.6 Å². The molecule has 0 fully saturated rings. The van der Waals surface area contributed by atoms with E-state index in [1.807, 2.05) is 42.5 Å². The highest BCUT2D eigenvalue weighted by molar-refractivity contribution is 7.92. The van der Waals surface area contributed by atoms with Crippen LogP contribution in [-0.2, 0) is 21.1 Å². The topological polar surface area (TPSA) is 51.2 Å². The zero-order chi connectivity index (χ0) is 19.9. The quantitative estimate of drug-likeness (QED) is 0.533. The van der Waals surface area contributed by atoms with Crippen molar-refractivity contribution in [3.63, 3.8) is 0 Å². The summed E-state index contributed by atoms with van der Waals surface area (Å²) in [5.74, 6) is 6.00. The lowest BCUT2D eigenvalue weighted by molar-refractivity contribution is -0.119. The largest absolute Gasteiger partial charge is 0.298 e. The van der Waals surface area contributed by atoms with Crippen LogP contribution in [0.2, 0.25) is 0 Å². The SMILES string of the molecule is CC(=O)C(C)(CCCCc1ccc(C#Cc2ccccc2)cc1)S(C)(=O)=O. The Bertz CT molecular complexity index is 933. The lowest BCUT2D eigenvalue weighted by Gasteiger charge is -2.24. The highest BCUT2D eigenvalue weighted by Gasteiger charge is 2.39. The maximum absolute atomic E-state index is 11.9. The Hall–Kier alpha value is -2.38. The Morgan fingerprint density at radius 2 is 1.48 bits per heavy atom. The zero-order valence-electron chi connectivity index (χ0n) is 16.2. The Morgan fingerprint density at radius 1 is 0.926 bits per heavy atom. The number of sulfone groups is 1. The lowest BCUT2D eigenvalue weighted by atomic mass is 9.97. The van der Waals surface area contributed by atoms with Gasteiger partial charge in [-0.2, -0.15) is 0 Å². The van der Waals surface area contributed by atoms with Crippen molar-refractivity contribution in [1.82, 2.24) is 0 Å². The number of rotatable bonds is 7. The molecule has 0 saturated heterocycles. The predicted octanol–water partition coefficient (Wildman–Crippen LogP) is 4.19. The molecule has 0 aliphatic heterocycles. The van der Waals surface area contributed by atoms with E-state index in [1.165, 1.54) is 19.4 Å². The number of hydrogen-bond acceptors (Lipinski definition) is 3. The third-order valence-electron chi connectivity index (χ3n) is 5.01. The van der Waals surface area contributed by atoms with E-state index in [-0.39, 0.29) is 5.78 Å². The van der Waals surface area contributed by atoms with Crippen LogP contribution in [0.4, 0.5) is 0 Å². The molecule has 0 heterocycles. The maximum Gasteiger partial charge on any atom is 0.159 e. The first-order valence-corrected chi connectivity index (χ1v) is 11.0. The van der Waals surface area contributed by atoms with E-state index in [0.717, 1.165) is 30.2 Å². The van der Waals surface area contributed by atoms with Crippen LogP contribution in [-0.4, -0.2) is 25.2 Å². The molecule has 1 atom stereocenters. The van der Waals surface area contributed by atoms with E-state index >= 15 is 0 Å². The fourth-order valence-electron chi connectivity index (χ4n) is 2.83. The monoisotopic (exact) mass is 382 g/mol. The molecule has 0 radical (unpaired) electrons. The van der Waals surface area contributed by atoms with Gasteiger partial charge in [-0.3, -0.25) is 4.79 Å². The van der Waals surface area contributed by atoms with Gasteiger partial charge < -0.3 is 0 Å². The van der Waals surface area contributed by atoms with Crippen LogP contribution in [0.5, 0.6) is 0 Å². The third kappa shape index (κ3) is 5.80. The van der Waals surface area contributed by atoms with Gasteiger partial charge in [0, 0.05) is 17.4 Å². The molecule has 0 amide bonds. The summed E-state index contributed by atoms with van der Waals surface area (Å²) >= 11 is 0. The molecule has 0 saturated carbocycles. The number of carbonyl (C=O) groups is 1. The summed E-state index contributed by atoms with van der Waals surface area (Å²) in [5, 5.41) is 0. The minimum Gasteiger partial charge on any atom is -0.298 e. The zero-order valence-corrected chi connectivity index (χ0v) is 17.0. The number of benzene rings is 2. The summed E-state index contributed by atoms with van der Waals surface area (Å²) in [6.07, 6.45) is 3.89. The van der Waals surface area contributed by atoms with Crippen LogP contribution in [0.15, 0.2) is 54.6 Å². The molecule has 0 aliphatic rings. The summed E-state index contributed by atoms with van der Waals surface area (Å²) < 4.78 is 22.6. The Kier molecular flexibility index (Phi) is 6.98. The molecular formula is C23H26O3S. The van der Waals surface area contributed by atoms with Crippen LogP contribution < -0.4 is 0 Å². The van der Waals surface area contributed by atoms with Crippen LogP contribution in [0, 0.1) is 11.8 Å². The molecule has 1 unspecified atom stereocenters. The predicted molar refractivity (Wildman–Crippen MR) is 110 cm³/mol. The van der Waals surface area contributed by atoms with Crippen molar-refractivity contribution in [2.45, 2.75) is 44.3 Å². The van der Waals surface area contributed by atoms with Gasteiger partial charge in [-0.25, -0.2) is 8.42 Å². The van der Waals surface area contributed by atoms with Gasteiger partial charge in [0.1, 0.15) is 4.75 Å². The van der Waals surface area contributed by atoms with Gasteiger partial charge in [0.25, 0.3) is 0 Å². The first kappa shape index (κ1) is 20.9. The molecule has 2 aromatic rings. The number of unbranched alkanes of at least 4 members (excludes halogenated alkanes) is 1. The smallest absolute Gasteiger partial charge is 0.159 e. The molecule has 27 heavy (non-hydrogen) atoms. The van der Waals surface area contributed by atoms with E-state index in [9.17, 15) is 13.2 Å². The third-order valence-corrected chi connectivity index (χ3v) is 7.14. The second-order valence-electron chi connectivity index (χ2n) is 7.08. The molecule has 2 rings (SSSR count). The van der Waals surface area contributed by atoms with Crippen LogP contribution in [0.1, 0.15) is 49.8 Å². The average Bonchev–Trinajstić information content (AvgIpc) is 2.64. The second-order valence-corrected chi connectivity index (χ2v) is 9.52. The van der Waals surface area contributed by atoms with Crippen molar-refractivity contribution >= 4 is 15.6 Å². The normalized spacial score (nSPS) is 13.3. The second kappa shape index (κ2) is 9.01. The van der Waals surface area contributed by atoms with Gasteiger partial charge in [-0.05, 0) is 62.9 Å². The summed E-state index contributed by atoms with van der Waals surface area (Å²) in [6, 6.07) is 18.0. The highest BCUT2D eigenvalue weighted by atomic mass is 32.2. The van der Waals surface area contributed by atoms with E-state index in [1.54, 1.807) is 0 Å². The molecule has 0 spiro atoms. The minimum atomic E-state index is -3.41. The van der Waals surface area contributed by atoms with Crippen LogP contribution in [0.3, 0.4) is 0 Å². The molecule has 0 aliphatic carbocycles. The lowest BCUT2D eigenvalue weighted by Crippen LogP contribution is -2.41. The Morgan fingerprint density at radius 3 is 2.00 bits per heavy atom. The molecule has 0 aromatic heterocycles. The van der Waals surface area contributed by atoms with Crippen LogP contribution >= 0.6 is 0 Å². The van der Waals surface area contributed by atoms with E-state index < -0.39 is 14.6 Å². The van der Waals surface area contributed by atoms with Crippen LogP contribution in [0.25, 0.3) is 0 Å². The number of aryl methyl sites for hydroxylation is 1. The fraction of sp³-hybridized carbons (Fsp3) is 0.348.